The third-order valence-corrected chi connectivity index (χ3v) is 4.79. The summed E-state index contributed by atoms with van der Waals surface area (Å²) in [6.07, 6.45) is 0.729. The van der Waals surface area contributed by atoms with Gasteiger partial charge in [-0.15, -0.1) is 0 Å². The average Bonchev–Trinajstić information content (AvgIpc) is 3.21. The van der Waals surface area contributed by atoms with Crippen LogP contribution in [0.5, 0.6) is 0 Å². The van der Waals surface area contributed by atoms with Crippen LogP contribution in [0, 0.1) is 5.82 Å². The molecule has 30 heavy (non-hydrogen) atoms. The third kappa shape index (κ3) is 4.22. The number of amides is 1. The molecule has 1 atom stereocenters. The van der Waals surface area contributed by atoms with Crippen molar-refractivity contribution in [2.45, 2.75) is 6.10 Å². The van der Waals surface area contributed by atoms with E-state index in [-0.39, 0.29) is 18.3 Å². The number of benzene rings is 2. The molecule has 0 saturated heterocycles. The largest absolute Gasteiger partial charge is 0.394 e. The number of aromatic nitrogens is 2. The molecular formula is C23H20FN3O3. The predicted octanol–water partition coefficient (Wildman–Crippen LogP) is 3.12. The van der Waals surface area contributed by atoms with Crippen molar-refractivity contribution in [1.29, 1.82) is 0 Å². The summed E-state index contributed by atoms with van der Waals surface area (Å²) in [5.74, 6) is -0.622. The third-order valence-electron chi connectivity index (χ3n) is 4.79. The molecule has 0 radical (unpaired) electrons. The van der Waals surface area contributed by atoms with Gasteiger partial charge in [0.15, 0.2) is 0 Å². The lowest BCUT2D eigenvalue weighted by atomic mass is 10.0. The van der Waals surface area contributed by atoms with Crippen molar-refractivity contribution in [3.63, 3.8) is 0 Å². The minimum Gasteiger partial charge on any atom is -0.394 e. The lowest BCUT2D eigenvalue weighted by molar-refractivity contribution is 0.0802. The molecule has 0 aliphatic carbocycles. The molecule has 4 N–H and O–H groups in total. The number of carbonyl (C=O) groups is 1. The lowest BCUT2D eigenvalue weighted by Gasteiger charge is -2.10. The van der Waals surface area contributed by atoms with E-state index in [1.807, 2.05) is 18.2 Å². The van der Waals surface area contributed by atoms with Crippen molar-refractivity contribution in [3.05, 3.63) is 78.2 Å². The topological polar surface area (TPSA) is 98.2 Å². The molecule has 0 aliphatic rings. The number of nitrogens with one attached hydrogen (secondary N) is 2. The van der Waals surface area contributed by atoms with Gasteiger partial charge >= 0.3 is 0 Å². The van der Waals surface area contributed by atoms with Gasteiger partial charge in [-0.2, -0.15) is 0 Å². The van der Waals surface area contributed by atoms with Crippen molar-refractivity contribution in [3.8, 4) is 22.4 Å². The van der Waals surface area contributed by atoms with Crippen LogP contribution in [-0.2, 0) is 0 Å². The summed E-state index contributed by atoms with van der Waals surface area (Å²) in [6, 6.07) is 17.2. The Morgan fingerprint density at radius 2 is 1.87 bits per heavy atom. The minimum atomic E-state index is -0.993. The normalized spacial score (nSPS) is 12.1. The number of fused-ring (bicyclic) bond motifs is 1. The molecule has 6 nitrogen and oxygen atoms in total. The minimum absolute atomic E-state index is 0.0252. The molecule has 0 aliphatic heterocycles. The second-order valence-electron chi connectivity index (χ2n) is 6.98. The first-order chi connectivity index (χ1) is 14.5. The fourth-order valence-corrected chi connectivity index (χ4v) is 3.18. The van der Waals surface area contributed by atoms with E-state index in [9.17, 15) is 14.3 Å². The van der Waals surface area contributed by atoms with E-state index in [2.05, 4.69) is 15.3 Å². The Morgan fingerprint density at radius 3 is 2.63 bits per heavy atom. The van der Waals surface area contributed by atoms with E-state index in [4.69, 9.17) is 5.11 Å². The Balaban J connectivity index is 1.60. The number of aromatic amines is 1. The van der Waals surface area contributed by atoms with Gasteiger partial charge in [0, 0.05) is 34.9 Å². The summed E-state index contributed by atoms with van der Waals surface area (Å²) in [5, 5.41) is 21.7. The molecule has 2 aromatic heterocycles. The molecule has 0 bridgehead atoms. The zero-order valence-corrected chi connectivity index (χ0v) is 16.0. The second-order valence-corrected chi connectivity index (χ2v) is 6.98. The van der Waals surface area contributed by atoms with Gasteiger partial charge in [0.05, 0.1) is 12.7 Å². The first-order valence-electron chi connectivity index (χ1n) is 9.46. The maximum absolute atomic E-state index is 13.2. The monoisotopic (exact) mass is 405 g/mol. The van der Waals surface area contributed by atoms with Gasteiger partial charge in [-0.25, -0.2) is 9.37 Å². The van der Waals surface area contributed by atoms with Crippen LogP contribution < -0.4 is 5.32 Å². The van der Waals surface area contributed by atoms with Crippen LogP contribution in [0.4, 0.5) is 4.39 Å². The fourth-order valence-electron chi connectivity index (χ4n) is 3.18. The number of hydrogen-bond acceptors (Lipinski definition) is 4. The van der Waals surface area contributed by atoms with Gasteiger partial charge in [0.1, 0.15) is 11.5 Å². The van der Waals surface area contributed by atoms with E-state index < -0.39 is 12.7 Å². The van der Waals surface area contributed by atoms with Gasteiger partial charge in [0.2, 0.25) is 0 Å². The number of carbonyl (C=O) groups excluding carboxylic acids is 1. The predicted molar refractivity (Wildman–Crippen MR) is 112 cm³/mol. The number of aliphatic hydroxyl groups is 2. The lowest BCUT2D eigenvalue weighted by Crippen LogP contribution is -2.33. The van der Waals surface area contributed by atoms with Crippen LogP contribution in [-0.4, -0.2) is 45.3 Å². The molecule has 7 heteroatoms. The fraction of sp³-hybridized carbons (Fsp3) is 0.130. The van der Waals surface area contributed by atoms with Crippen molar-refractivity contribution in [2.75, 3.05) is 13.2 Å². The van der Waals surface area contributed by atoms with Crippen molar-refractivity contribution in [1.82, 2.24) is 15.3 Å². The molecule has 152 valence electrons. The molecule has 1 amide bonds. The van der Waals surface area contributed by atoms with Gasteiger partial charge in [-0.1, -0.05) is 12.1 Å². The number of pyridine rings is 1. The number of rotatable bonds is 6. The van der Waals surface area contributed by atoms with E-state index >= 15 is 0 Å². The highest BCUT2D eigenvalue weighted by Crippen LogP contribution is 2.27. The van der Waals surface area contributed by atoms with E-state index in [0.29, 0.717) is 11.2 Å². The number of aliphatic hydroxyl groups excluding tert-OH is 2. The molecule has 4 aromatic rings. The van der Waals surface area contributed by atoms with Crippen LogP contribution in [0.15, 0.2) is 66.9 Å². The molecule has 2 heterocycles. The highest BCUT2D eigenvalue weighted by Gasteiger charge is 2.11. The Kier molecular flexibility index (Phi) is 5.56. The van der Waals surface area contributed by atoms with E-state index in [1.54, 1.807) is 36.5 Å². The zero-order valence-electron chi connectivity index (χ0n) is 16.0. The number of halogens is 1. The van der Waals surface area contributed by atoms with Crippen LogP contribution >= 0.6 is 0 Å². The van der Waals surface area contributed by atoms with Gasteiger partial charge < -0.3 is 20.5 Å². The van der Waals surface area contributed by atoms with Crippen LogP contribution in [0.1, 0.15) is 10.4 Å². The summed E-state index contributed by atoms with van der Waals surface area (Å²) in [7, 11) is 0. The first-order valence-corrected chi connectivity index (χ1v) is 9.46. The molecule has 0 saturated carbocycles. The first kappa shape index (κ1) is 19.8. The van der Waals surface area contributed by atoms with Gasteiger partial charge in [0.25, 0.3) is 5.91 Å². The average molecular weight is 405 g/mol. The van der Waals surface area contributed by atoms with E-state index in [0.717, 1.165) is 27.8 Å². The maximum atomic E-state index is 13.2. The number of hydrogen-bond donors (Lipinski definition) is 4. The Hall–Kier alpha value is -3.55. The Labute approximate surface area is 172 Å². The standard InChI is InChI=1S/C23H20FN3O3/c24-19-6-4-14(5-7-19)21-10-17-9-18(11-25-22(17)27-21)15-2-1-3-16(8-15)23(30)26-12-20(29)13-28/h1-11,20,28-29H,12-13H2,(H,25,27)(H,26,30). The molecule has 4 rings (SSSR count). The van der Waals surface area contributed by atoms with Crippen LogP contribution in [0.25, 0.3) is 33.4 Å². The molecule has 0 spiro atoms. The maximum Gasteiger partial charge on any atom is 0.251 e. The van der Waals surface area contributed by atoms with E-state index in [1.165, 1.54) is 12.1 Å². The molecular weight excluding hydrogens is 385 g/mol. The van der Waals surface area contributed by atoms with Crippen molar-refractivity contribution in [2.24, 2.45) is 0 Å². The van der Waals surface area contributed by atoms with Gasteiger partial charge in [-0.05, 0) is 59.7 Å². The molecule has 1 unspecified atom stereocenters. The zero-order chi connectivity index (χ0) is 21.1. The van der Waals surface area contributed by atoms with Crippen molar-refractivity contribution >= 4 is 16.9 Å². The highest BCUT2D eigenvalue weighted by molar-refractivity contribution is 5.96. The quantitative estimate of drug-likeness (QED) is 0.396. The Bertz CT molecular complexity index is 1190. The van der Waals surface area contributed by atoms with Crippen LogP contribution in [0.2, 0.25) is 0 Å². The number of H-pyrrole nitrogens is 1. The summed E-state index contributed by atoms with van der Waals surface area (Å²) >= 11 is 0. The summed E-state index contributed by atoms with van der Waals surface area (Å²) in [5.41, 5.74) is 4.52. The molecule has 2 aromatic carbocycles. The summed E-state index contributed by atoms with van der Waals surface area (Å²) < 4.78 is 13.2. The number of nitrogens with zero attached hydrogens (tertiary/aromatic N) is 1. The van der Waals surface area contributed by atoms with Crippen LogP contribution in [0.3, 0.4) is 0 Å². The SMILES string of the molecule is O=C(NCC(O)CO)c1cccc(-c2cnc3[nH]c(-c4ccc(F)cc4)cc3c2)c1. The smallest absolute Gasteiger partial charge is 0.251 e. The molecule has 0 fully saturated rings. The summed E-state index contributed by atoms with van der Waals surface area (Å²) in [4.78, 5) is 20.0. The van der Waals surface area contributed by atoms with Crippen molar-refractivity contribution < 1.29 is 19.4 Å². The Morgan fingerprint density at radius 1 is 1.07 bits per heavy atom. The summed E-state index contributed by atoms with van der Waals surface area (Å²) in [6.45, 7) is -0.439. The highest BCUT2D eigenvalue weighted by atomic mass is 19.1. The second kappa shape index (κ2) is 8.44. The van der Waals surface area contributed by atoms with Gasteiger partial charge in [-0.3, -0.25) is 4.79 Å².